The van der Waals surface area contributed by atoms with Gasteiger partial charge >= 0.3 is 5.97 Å². The van der Waals surface area contributed by atoms with Crippen LogP contribution >= 0.6 is 0 Å². The van der Waals surface area contributed by atoms with E-state index in [9.17, 15) is 9.59 Å². The molecule has 0 N–H and O–H groups in total. The number of rotatable bonds is 4. The first-order valence-corrected chi connectivity index (χ1v) is 6.13. The van der Waals surface area contributed by atoms with Crippen LogP contribution in [0.15, 0.2) is 18.7 Å². The molecule has 1 amide bonds. The highest BCUT2D eigenvalue weighted by molar-refractivity contribution is 5.84. The second-order valence-electron chi connectivity index (χ2n) is 4.25. The first kappa shape index (κ1) is 13.5. The predicted octanol–water partition coefficient (Wildman–Crippen LogP) is -0.326. The van der Waals surface area contributed by atoms with Crippen molar-refractivity contribution in [3.8, 4) is 0 Å². The summed E-state index contributed by atoms with van der Waals surface area (Å²) in [5.74, 6) is -0.511. The minimum atomic E-state index is -0.631. The number of imidazole rings is 1. The van der Waals surface area contributed by atoms with Gasteiger partial charge in [-0.15, -0.1) is 0 Å². The van der Waals surface area contributed by atoms with E-state index in [1.807, 2.05) is 4.57 Å². The number of carbonyl (C=O) groups is 2. The Labute approximate surface area is 111 Å². The van der Waals surface area contributed by atoms with Crippen LogP contribution in [0, 0.1) is 0 Å². The average Bonchev–Trinajstić information content (AvgIpc) is 2.97. The Morgan fingerprint density at radius 1 is 1.53 bits per heavy atom. The van der Waals surface area contributed by atoms with Crippen molar-refractivity contribution in [2.24, 2.45) is 0 Å². The first-order valence-electron chi connectivity index (χ1n) is 6.13. The van der Waals surface area contributed by atoms with E-state index >= 15 is 0 Å². The Morgan fingerprint density at radius 2 is 2.37 bits per heavy atom. The molecule has 1 aromatic rings. The number of hydrogen-bond acceptors (Lipinski definition) is 5. The molecule has 1 aliphatic rings. The molecule has 0 bridgehead atoms. The van der Waals surface area contributed by atoms with E-state index < -0.39 is 12.0 Å². The van der Waals surface area contributed by atoms with Crippen molar-refractivity contribution in [3.63, 3.8) is 0 Å². The molecule has 7 heteroatoms. The molecule has 0 spiro atoms. The molecule has 0 aliphatic carbocycles. The summed E-state index contributed by atoms with van der Waals surface area (Å²) in [6, 6.07) is -0.631. The van der Waals surface area contributed by atoms with E-state index in [0.29, 0.717) is 26.1 Å². The normalized spacial score (nSPS) is 19.2. The van der Waals surface area contributed by atoms with E-state index in [4.69, 9.17) is 9.47 Å². The lowest BCUT2D eigenvalue weighted by Crippen LogP contribution is -2.53. The fraction of sp³-hybridized carbons (Fsp3) is 0.583. The molecule has 1 atom stereocenters. The van der Waals surface area contributed by atoms with Gasteiger partial charge in [0.15, 0.2) is 6.04 Å². The van der Waals surface area contributed by atoms with Crippen LogP contribution < -0.4 is 0 Å². The predicted molar refractivity (Wildman–Crippen MR) is 65.2 cm³/mol. The van der Waals surface area contributed by atoms with Crippen LogP contribution in [0.5, 0.6) is 0 Å². The molecule has 0 saturated carbocycles. The number of amides is 1. The fourth-order valence-corrected chi connectivity index (χ4v) is 2.02. The van der Waals surface area contributed by atoms with Crippen LogP contribution in [0.1, 0.15) is 6.42 Å². The molecule has 0 aromatic carbocycles. The zero-order valence-electron chi connectivity index (χ0n) is 10.8. The molecular weight excluding hydrogens is 250 g/mol. The summed E-state index contributed by atoms with van der Waals surface area (Å²) in [4.78, 5) is 29.2. The Bertz CT molecular complexity index is 432. The lowest BCUT2D eigenvalue weighted by molar-refractivity contribution is -0.160. The maximum atomic E-state index is 12.2. The molecule has 1 fully saturated rings. The largest absolute Gasteiger partial charge is 0.467 e. The van der Waals surface area contributed by atoms with Gasteiger partial charge in [0.25, 0.3) is 0 Å². The minimum absolute atomic E-state index is 0.0765. The summed E-state index contributed by atoms with van der Waals surface area (Å²) >= 11 is 0. The third kappa shape index (κ3) is 3.31. The summed E-state index contributed by atoms with van der Waals surface area (Å²) in [5.41, 5.74) is 0. The standard InChI is InChI=1S/C12H17N3O4/c1-18-12(17)10-8-19-7-6-15(10)11(16)2-4-14-5-3-13-9-14/h3,5,9-10H,2,4,6-8H2,1H3. The number of nitrogens with zero attached hydrogens (tertiary/aromatic N) is 3. The van der Waals surface area contributed by atoms with Crippen molar-refractivity contribution in [1.82, 2.24) is 14.5 Å². The maximum absolute atomic E-state index is 12.2. The third-order valence-corrected chi connectivity index (χ3v) is 3.07. The van der Waals surface area contributed by atoms with Gasteiger partial charge in [-0.3, -0.25) is 4.79 Å². The van der Waals surface area contributed by atoms with Crippen LogP contribution in [-0.2, 0) is 25.6 Å². The second-order valence-corrected chi connectivity index (χ2v) is 4.25. The quantitative estimate of drug-likeness (QED) is 0.699. The number of methoxy groups -OCH3 is 1. The topological polar surface area (TPSA) is 73.7 Å². The molecule has 7 nitrogen and oxygen atoms in total. The summed E-state index contributed by atoms with van der Waals surface area (Å²) < 4.78 is 11.7. The fourth-order valence-electron chi connectivity index (χ4n) is 2.02. The van der Waals surface area contributed by atoms with Gasteiger partial charge in [-0.05, 0) is 0 Å². The number of esters is 1. The molecule has 1 aromatic heterocycles. The molecule has 19 heavy (non-hydrogen) atoms. The molecule has 0 radical (unpaired) electrons. The Hall–Kier alpha value is -1.89. The smallest absolute Gasteiger partial charge is 0.331 e. The molecular formula is C12H17N3O4. The highest BCUT2D eigenvalue weighted by Crippen LogP contribution is 2.11. The lowest BCUT2D eigenvalue weighted by atomic mass is 10.2. The maximum Gasteiger partial charge on any atom is 0.331 e. The first-order chi connectivity index (χ1) is 9.22. The number of carbonyl (C=O) groups excluding carboxylic acids is 2. The average molecular weight is 267 g/mol. The van der Waals surface area contributed by atoms with Gasteiger partial charge in [0.1, 0.15) is 0 Å². The van der Waals surface area contributed by atoms with Crippen LogP contribution in [-0.4, -0.2) is 59.2 Å². The minimum Gasteiger partial charge on any atom is -0.467 e. The summed E-state index contributed by atoms with van der Waals surface area (Å²) in [6.07, 6.45) is 5.44. The van der Waals surface area contributed by atoms with Gasteiger partial charge in [-0.1, -0.05) is 0 Å². The summed E-state index contributed by atoms with van der Waals surface area (Å²) in [6.45, 7) is 1.61. The Balaban J connectivity index is 1.93. The highest BCUT2D eigenvalue weighted by Gasteiger charge is 2.33. The number of aryl methyl sites for hydroxylation is 1. The number of ether oxygens (including phenoxy) is 2. The van der Waals surface area contributed by atoms with Crippen LogP contribution in [0.25, 0.3) is 0 Å². The lowest BCUT2D eigenvalue weighted by Gasteiger charge is -2.33. The molecule has 2 heterocycles. The van der Waals surface area contributed by atoms with Crippen LogP contribution in [0.4, 0.5) is 0 Å². The van der Waals surface area contributed by atoms with Gasteiger partial charge in [-0.25, -0.2) is 9.78 Å². The Kier molecular flexibility index (Phi) is 4.51. The van der Waals surface area contributed by atoms with Gasteiger partial charge in [0.2, 0.25) is 5.91 Å². The van der Waals surface area contributed by atoms with Crippen LogP contribution in [0.2, 0.25) is 0 Å². The van der Waals surface area contributed by atoms with E-state index in [-0.39, 0.29) is 12.5 Å². The Morgan fingerprint density at radius 3 is 3.05 bits per heavy atom. The summed E-state index contributed by atoms with van der Waals surface area (Å²) in [7, 11) is 1.31. The second kappa shape index (κ2) is 6.33. The molecule has 1 unspecified atom stereocenters. The zero-order chi connectivity index (χ0) is 13.7. The number of aromatic nitrogens is 2. The molecule has 1 aliphatic heterocycles. The summed E-state index contributed by atoms with van der Waals surface area (Å²) in [5, 5.41) is 0. The molecule has 104 valence electrons. The molecule has 1 saturated heterocycles. The number of morpholine rings is 1. The van der Waals surface area contributed by atoms with Crippen molar-refractivity contribution in [2.45, 2.75) is 19.0 Å². The van der Waals surface area contributed by atoms with Crippen LogP contribution in [0.3, 0.4) is 0 Å². The van der Waals surface area contributed by atoms with E-state index in [1.165, 1.54) is 12.0 Å². The highest BCUT2D eigenvalue weighted by atomic mass is 16.5. The van der Waals surface area contributed by atoms with E-state index in [1.54, 1.807) is 18.7 Å². The van der Waals surface area contributed by atoms with Gasteiger partial charge in [0, 0.05) is 31.9 Å². The van der Waals surface area contributed by atoms with Crippen molar-refractivity contribution >= 4 is 11.9 Å². The van der Waals surface area contributed by atoms with Crippen molar-refractivity contribution in [2.75, 3.05) is 26.9 Å². The van der Waals surface area contributed by atoms with E-state index in [2.05, 4.69) is 4.98 Å². The van der Waals surface area contributed by atoms with Crippen molar-refractivity contribution < 1.29 is 19.1 Å². The SMILES string of the molecule is COC(=O)C1COCCN1C(=O)CCn1ccnc1. The third-order valence-electron chi connectivity index (χ3n) is 3.07. The van der Waals surface area contributed by atoms with Crippen molar-refractivity contribution in [3.05, 3.63) is 18.7 Å². The van der Waals surface area contributed by atoms with Crippen molar-refractivity contribution in [1.29, 1.82) is 0 Å². The van der Waals surface area contributed by atoms with Gasteiger partial charge < -0.3 is 18.9 Å². The van der Waals surface area contributed by atoms with Gasteiger partial charge in [-0.2, -0.15) is 0 Å². The zero-order valence-corrected chi connectivity index (χ0v) is 10.8. The molecule has 2 rings (SSSR count). The number of hydrogen-bond donors (Lipinski definition) is 0. The van der Waals surface area contributed by atoms with E-state index in [0.717, 1.165) is 0 Å². The monoisotopic (exact) mass is 267 g/mol. The van der Waals surface area contributed by atoms with Gasteiger partial charge in [0.05, 0.1) is 26.7 Å².